The molecular formula is C12H21N3O2. The van der Waals surface area contributed by atoms with Gasteiger partial charge in [-0.25, -0.2) is 0 Å². The number of carbonyl (C=O) groups excluding carboxylic acids is 2. The Kier molecular flexibility index (Phi) is 3.38. The van der Waals surface area contributed by atoms with Crippen molar-refractivity contribution in [3.05, 3.63) is 0 Å². The topological polar surface area (TPSA) is 52.7 Å². The first-order chi connectivity index (χ1) is 8.08. The Morgan fingerprint density at radius 1 is 1.35 bits per heavy atom. The van der Waals surface area contributed by atoms with E-state index in [2.05, 4.69) is 5.32 Å². The highest BCUT2D eigenvalue weighted by Gasteiger charge is 2.48. The lowest BCUT2D eigenvalue weighted by Crippen LogP contribution is -2.62. The lowest BCUT2D eigenvalue weighted by atomic mass is 9.85. The maximum Gasteiger partial charge on any atom is 0.248 e. The minimum Gasteiger partial charge on any atom is -0.347 e. The molecular weight excluding hydrogens is 218 g/mol. The number of carbonyl (C=O) groups is 2. The van der Waals surface area contributed by atoms with Crippen LogP contribution >= 0.6 is 0 Å². The van der Waals surface area contributed by atoms with E-state index in [1.165, 1.54) is 0 Å². The molecule has 0 aromatic heterocycles. The zero-order chi connectivity index (χ0) is 12.5. The van der Waals surface area contributed by atoms with Gasteiger partial charge in [-0.2, -0.15) is 0 Å². The van der Waals surface area contributed by atoms with E-state index in [0.717, 1.165) is 38.9 Å². The monoisotopic (exact) mass is 239 g/mol. The van der Waals surface area contributed by atoms with Gasteiger partial charge < -0.3 is 15.1 Å². The smallest absolute Gasteiger partial charge is 0.248 e. The Balaban J connectivity index is 2.28. The van der Waals surface area contributed by atoms with Crippen LogP contribution in [0.3, 0.4) is 0 Å². The van der Waals surface area contributed by atoms with Crippen LogP contribution in [0.15, 0.2) is 0 Å². The molecule has 1 N–H and O–H groups in total. The molecule has 5 heteroatoms. The Hall–Kier alpha value is -1.10. The van der Waals surface area contributed by atoms with Crippen molar-refractivity contribution in [3.63, 3.8) is 0 Å². The van der Waals surface area contributed by atoms with Crippen LogP contribution in [0.1, 0.15) is 25.7 Å². The molecule has 2 aliphatic rings. The second-order valence-corrected chi connectivity index (χ2v) is 5.13. The summed E-state index contributed by atoms with van der Waals surface area (Å²) in [5.41, 5.74) is -0.581. The van der Waals surface area contributed by atoms with Gasteiger partial charge in [0.15, 0.2) is 0 Å². The largest absolute Gasteiger partial charge is 0.347 e. The maximum absolute atomic E-state index is 12.5. The van der Waals surface area contributed by atoms with Crippen LogP contribution in [0.4, 0.5) is 0 Å². The molecule has 2 amide bonds. The Morgan fingerprint density at radius 2 is 2.00 bits per heavy atom. The number of likely N-dealkylation sites (N-methyl/N-ethyl adjacent to an activating group) is 1. The average molecular weight is 239 g/mol. The molecule has 2 aliphatic heterocycles. The van der Waals surface area contributed by atoms with Gasteiger partial charge in [-0.1, -0.05) is 0 Å². The van der Waals surface area contributed by atoms with Gasteiger partial charge in [-0.3, -0.25) is 9.59 Å². The molecule has 0 aliphatic carbocycles. The predicted molar refractivity (Wildman–Crippen MR) is 64.5 cm³/mol. The van der Waals surface area contributed by atoms with Gasteiger partial charge in [0, 0.05) is 27.1 Å². The zero-order valence-electron chi connectivity index (χ0n) is 10.7. The highest BCUT2D eigenvalue weighted by atomic mass is 16.2. The van der Waals surface area contributed by atoms with Gasteiger partial charge >= 0.3 is 0 Å². The van der Waals surface area contributed by atoms with Crippen LogP contribution in [-0.2, 0) is 9.59 Å². The molecule has 2 fully saturated rings. The molecule has 2 heterocycles. The number of likely N-dealkylation sites (tertiary alicyclic amines) is 1. The zero-order valence-corrected chi connectivity index (χ0v) is 10.7. The maximum atomic E-state index is 12.5. The molecule has 2 rings (SSSR count). The lowest BCUT2D eigenvalue weighted by molar-refractivity contribution is -0.152. The van der Waals surface area contributed by atoms with Crippen molar-refractivity contribution in [2.45, 2.75) is 31.2 Å². The number of amides is 2. The van der Waals surface area contributed by atoms with E-state index in [9.17, 15) is 9.59 Å². The summed E-state index contributed by atoms with van der Waals surface area (Å²) < 4.78 is 0. The number of nitrogens with zero attached hydrogens (tertiary/aromatic N) is 2. The van der Waals surface area contributed by atoms with Crippen molar-refractivity contribution in [1.29, 1.82) is 0 Å². The van der Waals surface area contributed by atoms with E-state index in [-0.39, 0.29) is 11.8 Å². The first kappa shape index (κ1) is 12.4. The number of piperidine rings is 1. The molecule has 0 saturated carbocycles. The van der Waals surface area contributed by atoms with E-state index < -0.39 is 5.54 Å². The van der Waals surface area contributed by atoms with Crippen LogP contribution in [0.5, 0.6) is 0 Å². The van der Waals surface area contributed by atoms with E-state index in [1.807, 2.05) is 4.90 Å². The fourth-order valence-electron chi connectivity index (χ4n) is 2.96. The third-order valence-corrected chi connectivity index (χ3v) is 3.83. The summed E-state index contributed by atoms with van der Waals surface area (Å²) >= 11 is 0. The van der Waals surface area contributed by atoms with E-state index >= 15 is 0 Å². The van der Waals surface area contributed by atoms with Crippen molar-refractivity contribution >= 4 is 11.8 Å². The quantitative estimate of drug-likeness (QED) is 0.727. The lowest BCUT2D eigenvalue weighted by Gasteiger charge is -2.44. The summed E-state index contributed by atoms with van der Waals surface area (Å²) in [5.74, 6) is 0.219. The van der Waals surface area contributed by atoms with Crippen LogP contribution in [0.25, 0.3) is 0 Å². The number of hydrogen-bond acceptors (Lipinski definition) is 3. The van der Waals surface area contributed by atoms with E-state index in [0.29, 0.717) is 6.42 Å². The molecule has 0 atom stereocenters. The van der Waals surface area contributed by atoms with Gasteiger partial charge in [0.05, 0.1) is 0 Å². The van der Waals surface area contributed by atoms with Crippen LogP contribution in [0.2, 0.25) is 0 Å². The first-order valence-corrected chi connectivity index (χ1v) is 6.31. The molecule has 0 aromatic carbocycles. The van der Waals surface area contributed by atoms with Gasteiger partial charge in [-0.15, -0.1) is 0 Å². The minimum absolute atomic E-state index is 0.0780. The fourth-order valence-corrected chi connectivity index (χ4v) is 2.96. The van der Waals surface area contributed by atoms with Gasteiger partial charge in [0.25, 0.3) is 0 Å². The predicted octanol–water partition coefficient (Wildman–Crippen LogP) is -0.181. The molecule has 0 bridgehead atoms. The van der Waals surface area contributed by atoms with Crippen LogP contribution < -0.4 is 5.32 Å². The summed E-state index contributed by atoms with van der Waals surface area (Å²) in [5, 5.41) is 3.26. The fraction of sp³-hybridized carbons (Fsp3) is 0.833. The summed E-state index contributed by atoms with van der Waals surface area (Å²) in [4.78, 5) is 27.8. The second-order valence-electron chi connectivity index (χ2n) is 5.13. The van der Waals surface area contributed by atoms with Crippen molar-refractivity contribution in [3.8, 4) is 0 Å². The molecule has 0 aromatic rings. The molecule has 96 valence electrons. The molecule has 0 spiro atoms. The molecule has 0 unspecified atom stereocenters. The minimum atomic E-state index is -0.581. The summed E-state index contributed by atoms with van der Waals surface area (Å²) in [7, 11) is 3.54. The van der Waals surface area contributed by atoms with Gasteiger partial charge in [0.1, 0.15) is 5.54 Å². The summed E-state index contributed by atoms with van der Waals surface area (Å²) in [6.45, 7) is 2.35. The van der Waals surface area contributed by atoms with E-state index in [4.69, 9.17) is 0 Å². The van der Waals surface area contributed by atoms with Crippen molar-refractivity contribution in [1.82, 2.24) is 15.1 Å². The van der Waals surface area contributed by atoms with Gasteiger partial charge in [-0.05, 0) is 32.4 Å². The molecule has 2 saturated heterocycles. The number of hydrogen-bond donors (Lipinski definition) is 1. The van der Waals surface area contributed by atoms with Gasteiger partial charge in [0.2, 0.25) is 11.8 Å². The Labute approximate surface area is 102 Å². The average Bonchev–Trinajstić information content (AvgIpc) is 2.76. The van der Waals surface area contributed by atoms with Crippen molar-refractivity contribution in [2.75, 3.05) is 33.7 Å². The standard InChI is InChI=1S/C12H21N3O2/c1-14(2)11(17)12(5-7-13-8-6-12)15-9-3-4-10(15)16/h13H,3-9H2,1-2H3. The second kappa shape index (κ2) is 4.64. The summed E-state index contributed by atoms with van der Waals surface area (Å²) in [6.07, 6.45) is 2.94. The first-order valence-electron chi connectivity index (χ1n) is 6.31. The van der Waals surface area contributed by atoms with Crippen LogP contribution in [-0.4, -0.2) is 60.9 Å². The van der Waals surface area contributed by atoms with Crippen molar-refractivity contribution < 1.29 is 9.59 Å². The summed E-state index contributed by atoms with van der Waals surface area (Å²) in [6, 6.07) is 0. The SMILES string of the molecule is CN(C)C(=O)C1(N2CCCC2=O)CCNCC1. The molecule has 5 nitrogen and oxygen atoms in total. The Bertz CT molecular complexity index is 322. The third-order valence-electron chi connectivity index (χ3n) is 3.83. The normalized spacial score (nSPS) is 23.9. The van der Waals surface area contributed by atoms with E-state index in [1.54, 1.807) is 19.0 Å². The number of nitrogens with one attached hydrogen (secondary N) is 1. The molecule has 17 heavy (non-hydrogen) atoms. The van der Waals surface area contributed by atoms with Crippen molar-refractivity contribution in [2.24, 2.45) is 0 Å². The molecule has 0 radical (unpaired) electrons. The number of rotatable bonds is 2. The third kappa shape index (κ3) is 2.04. The highest BCUT2D eigenvalue weighted by Crippen LogP contribution is 2.32. The van der Waals surface area contributed by atoms with Crippen LogP contribution in [0, 0.1) is 0 Å². The highest BCUT2D eigenvalue weighted by molar-refractivity contribution is 5.92. The Morgan fingerprint density at radius 3 is 2.47 bits per heavy atom.